The molecule has 0 radical (unpaired) electrons. The number of aliphatic hydroxyl groups excluding tert-OH is 12. The Morgan fingerprint density at radius 2 is 0.698 bits per heavy atom. The van der Waals surface area contributed by atoms with Crippen molar-refractivity contribution in [2.45, 2.75) is 176 Å². The number of aryl methyl sites for hydroxylation is 4. The lowest BCUT2D eigenvalue weighted by Crippen LogP contribution is -2.58. The Kier molecular flexibility index (Phi) is 28.5. The van der Waals surface area contributed by atoms with Crippen molar-refractivity contribution in [3.05, 3.63) is 187 Å². The number of rotatable bonds is 20. The summed E-state index contributed by atoms with van der Waals surface area (Å²) < 4.78 is 142. The number of benzene rings is 4. The van der Waals surface area contributed by atoms with E-state index in [0.29, 0.717) is 57.9 Å². The number of nitrogens with one attached hydrogen (secondary N) is 2. The number of H-pyrrole nitrogens is 2. The Morgan fingerprint density at radius 3 is 1.02 bits per heavy atom. The van der Waals surface area contributed by atoms with Gasteiger partial charge in [-0.05, 0) is 92.4 Å². The molecule has 4 aliphatic rings. The molecule has 14 N–H and O–H groups in total. The Hall–Kier alpha value is -7.92. The molecule has 0 spiro atoms. The summed E-state index contributed by atoms with van der Waals surface area (Å²) in [6.07, 6.45) is -30.8. The quantitative estimate of drug-likeness (QED) is 0.0488. The van der Waals surface area contributed by atoms with Crippen LogP contribution in [-0.4, -0.2) is 251 Å². The van der Waals surface area contributed by atoms with Crippen LogP contribution in [0.2, 0.25) is 5.02 Å². The molecular weight excluding hydrogens is 1440 g/mol. The molecule has 36 heteroatoms. The largest absolute Gasteiger partial charge is 0.443 e. The normalized spacial score (nSPS) is 28.6. The molecule has 4 aromatic carbocycles. The van der Waals surface area contributed by atoms with E-state index in [2.05, 4.69) is 30.6 Å². The van der Waals surface area contributed by atoms with Gasteiger partial charge in [0.15, 0.2) is 24.7 Å². The SMILES string of the molecule is Cc1[nH]nc(OC2OC(CO)C(F)C(O)C2O)c1Cc1ccc(F)cc1.Cc1[nH]nc(OC2OC(CO)C(F)C(O)C2O)c1Cc1ccccc1F.Cc1c(Cc2ccc(Cl)cc2)c(OC2OC(CO)C(F)C(O)C2O)nn1C.Cc1c(Cc2ccc(F)cc2)c(OC2OC(CO)C(F)C(O)C2O)nn1C. The van der Waals surface area contributed by atoms with Crippen LogP contribution in [0, 0.1) is 45.1 Å². The van der Waals surface area contributed by atoms with Gasteiger partial charge in [0.25, 0.3) is 0 Å². The summed E-state index contributed by atoms with van der Waals surface area (Å²) in [4.78, 5) is 0. The Balaban J connectivity index is 0.000000163. The molecule has 28 nitrogen and oxygen atoms in total. The number of aromatic amines is 2. The molecule has 20 atom stereocenters. The molecule has 8 aromatic rings. The highest BCUT2D eigenvalue weighted by Gasteiger charge is 2.50. The zero-order valence-corrected chi connectivity index (χ0v) is 58.5. The number of nitrogens with zero attached hydrogens (tertiary/aromatic N) is 6. The van der Waals surface area contributed by atoms with Crippen molar-refractivity contribution in [3.63, 3.8) is 0 Å². The Labute approximate surface area is 606 Å². The van der Waals surface area contributed by atoms with Crippen molar-refractivity contribution in [1.82, 2.24) is 40.0 Å². The molecule has 4 aromatic heterocycles. The van der Waals surface area contributed by atoms with E-state index in [-0.39, 0.29) is 47.4 Å². The fraction of sp³-hybridized carbons (Fsp3) is 0.486. The smallest absolute Gasteiger partial charge is 0.239 e. The number of aliphatic hydroxyl groups is 12. The highest BCUT2D eigenvalue weighted by atomic mass is 35.5. The van der Waals surface area contributed by atoms with Crippen molar-refractivity contribution in [3.8, 4) is 23.5 Å². The van der Waals surface area contributed by atoms with Gasteiger partial charge in [-0.25, -0.2) is 30.7 Å². The second-order valence-corrected chi connectivity index (χ2v) is 25.9. The van der Waals surface area contributed by atoms with Gasteiger partial charge in [0.05, 0.1) is 26.4 Å². The summed E-state index contributed by atoms with van der Waals surface area (Å²) in [6, 6.07) is 25.4. The third-order valence-electron chi connectivity index (χ3n) is 18.2. The molecule has 20 unspecified atom stereocenters. The molecule has 8 heterocycles. The third kappa shape index (κ3) is 19.5. The predicted octanol–water partition coefficient (Wildman–Crippen LogP) is 2.95. The van der Waals surface area contributed by atoms with E-state index in [1.165, 1.54) is 30.3 Å². The first kappa shape index (κ1) is 82.1. The molecule has 4 saturated heterocycles. The molecule has 0 aliphatic carbocycles. The number of aromatic nitrogens is 8. The molecule has 4 fully saturated rings. The standard InChI is InChI=1S/C18H22ClFN2O5.C18H22F2N2O5.2C17H20F2N2O5/c2*1-9-12(7-10-3-5-11(19)6-4-10)17(21-22(9)2)27-18-16(25)15(24)14(20)13(8-23)26-18;1-8-11(6-9-2-4-10(18)5-3-9)16(21-20-8)26-17-15(24)14(23)13(19)12(7-22)25-17;1-8-10(6-9-4-2-3-5-11(9)18)16(21-20-8)26-17-15(24)14(23)13(19)12(7-22)25-17/h2*3-6,13-16,18,23-25H,7-8H2,1-2H3;2*2-5,12-15,17,22-24H,6-7H2,1H3,(H,20,21). The van der Waals surface area contributed by atoms with Crippen LogP contribution in [-0.2, 0) is 58.7 Å². The van der Waals surface area contributed by atoms with Crippen molar-refractivity contribution >= 4 is 11.6 Å². The average Bonchev–Trinajstić information content (AvgIpc) is 1.58. The summed E-state index contributed by atoms with van der Waals surface area (Å²) in [5, 5.41) is 139. The third-order valence-corrected chi connectivity index (χ3v) is 18.5. The van der Waals surface area contributed by atoms with E-state index >= 15 is 0 Å². The lowest BCUT2D eigenvalue weighted by Gasteiger charge is -2.38. The molecule has 106 heavy (non-hydrogen) atoms. The molecular formula is C70H84ClF7N8O20. The second-order valence-electron chi connectivity index (χ2n) is 25.5. The number of hydrogen-bond donors (Lipinski definition) is 14. The van der Waals surface area contributed by atoms with E-state index in [0.717, 1.165) is 33.6 Å². The zero-order valence-electron chi connectivity index (χ0n) is 57.8. The van der Waals surface area contributed by atoms with Crippen molar-refractivity contribution < 1.29 is 130 Å². The maximum absolute atomic E-state index is 13.9. The first-order valence-corrected chi connectivity index (χ1v) is 33.7. The molecule has 0 amide bonds. The van der Waals surface area contributed by atoms with Crippen LogP contribution in [0.3, 0.4) is 0 Å². The van der Waals surface area contributed by atoms with E-state index in [9.17, 15) is 81.8 Å². The minimum Gasteiger partial charge on any atom is -0.443 e. The maximum atomic E-state index is 13.9. The Morgan fingerprint density at radius 1 is 0.406 bits per heavy atom. The van der Waals surface area contributed by atoms with Gasteiger partial charge in [-0.2, -0.15) is 0 Å². The lowest BCUT2D eigenvalue weighted by molar-refractivity contribution is -0.266. The van der Waals surface area contributed by atoms with Gasteiger partial charge in [0.1, 0.15) is 90.7 Å². The minimum absolute atomic E-state index is 0.0380. The number of halogens is 8. The van der Waals surface area contributed by atoms with E-state index in [1.807, 2.05) is 26.0 Å². The lowest BCUT2D eigenvalue weighted by atomic mass is 10.0. The highest BCUT2D eigenvalue weighted by Crippen LogP contribution is 2.35. The highest BCUT2D eigenvalue weighted by molar-refractivity contribution is 6.30. The van der Waals surface area contributed by atoms with Crippen LogP contribution in [0.25, 0.3) is 0 Å². The van der Waals surface area contributed by atoms with Crippen molar-refractivity contribution in [2.75, 3.05) is 26.4 Å². The summed E-state index contributed by atoms with van der Waals surface area (Å²) in [5.74, 6) is -0.587. The fourth-order valence-corrected chi connectivity index (χ4v) is 11.7. The summed E-state index contributed by atoms with van der Waals surface area (Å²) in [7, 11) is 3.45. The van der Waals surface area contributed by atoms with Gasteiger partial charge in [-0.1, -0.05) is 66.2 Å². The van der Waals surface area contributed by atoms with E-state index < -0.39 is 150 Å². The van der Waals surface area contributed by atoms with Crippen molar-refractivity contribution in [1.29, 1.82) is 0 Å². The number of ether oxygens (including phenoxy) is 8. The van der Waals surface area contributed by atoms with Gasteiger partial charge < -0.3 is 99.2 Å². The first-order chi connectivity index (χ1) is 50.4. The van der Waals surface area contributed by atoms with Gasteiger partial charge in [0.2, 0.25) is 48.7 Å². The molecule has 580 valence electrons. The average molecular weight is 1530 g/mol. The Bertz CT molecular complexity index is 3960. The summed E-state index contributed by atoms with van der Waals surface area (Å²) >= 11 is 5.92. The summed E-state index contributed by atoms with van der Waals surface area (Å²) in [5.41, 5.74) is 8.57. The van der Waals surface area contributed by atoms with Crippen LogP contribution >= 0.6 is 11.6 Å². The van der Waals surface area contributed by atoms with Crippen LogP contribution in [0.15, 0.2) is 97.1 Å². The minimum atomic E-state index is -1.95. The van der Waals surface area contributed by atoms with Crippen LogP contribution in [0.4, 0.5) is 30.7 Å². The topological polar surface area (TPSA) is 410 Å². The molecule has 0 saturated carbocycles. The summed E-state index contributed by atoms with van der Waals surface area (Å²) in [6.45, 7) is 4.49. The van der Waals surface area contributed by atoms with Gasteiger partial charge in [0, 0.05) is 89.8 Å². The van der Waals surface area contributed by atoms with Gasteiger partial charge in [-0.15, -0.1) is 20.4 Å². The van der Waals surface area contributed by atoms with Gasteiger partial charge >= 0.3 is 0 Å². The second kappa shape index (κ2) is 36.8. The first-order valence-electron chi connectivity index (χ1n) is 33.3. The molecule has 4 aliphatic heterocycles. The predicted molar refractivity (Wildman–Crippen MR) is 358 cm³/mol. The van der Waals surface area contributed by atoms with Crippen molar-refractivity contribution in [2.24, 2.45) is 14.1 Å². The number of hydrogen-bond acceptors (Lipinski definition) is 24. The number of alkyl halides is 4. The van der Waals surface area contributed by atoms with Gasteiger partial charge in [-0.3, -0.25) is 19.6 Å². The van der Waals surface area contributed by atoms with E-state index in [1.54, 1.807) is 91.9 Å². The maximum Gasteiger partial charge on any atom is 0.239 e. The zero-order chi connectivity index (χ0) is 77.1. The van der Waals surface area contributed by atoms with E-state index in [4.69, 9.17) is 59.7 Å². The molecule has 0 bridgehead atoms. The monoisotopic (exact) mass is 1520 g/mol. The van der Waals surface area contributed by atoms with Crippen LogP contribution < -0.4 is 18.9 Å². The molecule has 12 rings (SSSR count). The van der Waals surface area contributed by atoms with Crippen LogP contribution in [0.1, 0.15) is 67.3 Å². The van der Waals surface area contributed by atoms with Crippen LogP contribution in [0.5, 0.6) is 23.5 Å². The fourth-order valence-electron chi connectivity index (χ4n) is 11.6.